The minimum absolute atomic E-state index is 0.0707. The summed E-state index contributed by atoms with van der Waals surface area (Å²) in [5.74, 6) is -2.01. The van der Waals surface area contributed by atoms with Crippen molar-refractivity contribution in [3.8, 4) is 12.1 Å². The van der Waals surface area contributed by atoms with Gasteiger partial charge < -0.3 is 24.6 Å². The zero-order valence-corrected chi connectivity index (χ0v) is 21.4. The van der Waals surface area contributed by atoms with Crippen molar-refractivity contribution < 1.29 is 23.0 Å². The number of carbonyl (C=O) groups excluding carboxylic acids is 1. The minimum Gasteiger partial charge on any atom is -0.462 e. The van der Waals surface area contributed by atoms with E-state index >= 15 is 0 Å². The van der Waals surface area contributed by atoms with Crippen molar-refractivity contribution in [2.45, 2.75) is 70.2 Å². The smallest absolute Gasteiger partial charge is 0.410 e. The molecule has 1 aromatic heterocycles. The zero-order chi connectivity index (χ0) is 26.1. The lowest BCUT2D eigenvalue weighted by atomic mass is 10.0. The van der Waals surface area contributed by atoms with Crippen LogP contribution in [0.5, 0.6) is 6.01 Å². The second-order valence-electron chi connectivity index (χ2n) is 10.8. The molecule has 2 saturated heterocycles. The minimum atomic E-state index is -2.72. The third kappa shape index (κ3) is 6.13. The van der Waals surface area contributed by atoms with Gasteiger partial charge in [0.15, 0.2) is 0 Å². The largest absolute Gasteiger partial charge is 0.462 e. The molecule has 0 bridgehead atoms. The topological polar surface area (TPSA) is 107 Å². The molecular weight excluding hydrogens is 472 g/mol. The van der Waals surface area contributed by atoms with Gasteiger partial charge in [-0.3, -0.25) is 4.90 Å². The maximum Gasteiger partial charge on any atom is 0.410 e. The fourth-order valence-electron chi connectivity index (χ4n) is 4.95. The molecular formula is C24H35F2N7O3. The number of nitrogens with zero attached hydrogens (tertiary/aromatic N) is 6. The Morgan fingerprint density at radius 3 is 2.72 bits per heavy atom. The lowest BCUT2D eigenvalue weighted by Crippen LogP contribution is -2.56. The molecule has 0 saturated carbocycles. The fraction of sp³-hybridized carbons (Fsp3) is 0.750. The first-order valence-corrected chi connectivity index (χ1v) is 12.4. The van der Waals surface area contributed by atoms with E-state index in [1.807, 2.05) is 20.8 Å². The molecule has 10 nitrogen and oxygen atoms in total. The van der Waals surface area contributed by atoms with Crippen LogP contribution >= 0.6 is 0 Å². The summed E-state index contributed by atoms with van der Waals surface area (Å²) in [5, 5.41) is 12.7. The standard InChI is InChI=1S/C24H35F2N7O3/c1-23(2,3)36-22(34)33-10-9-32(13-16(33)5-7-27)20-18-6-8-28-12-19(18)29-21(30-20)35-14-17-11-24(25,26)15-31(17)4/h16-17,28H,5-6,8-15H2,1-4H3/t16?,17-/m0/s1. The summed E-state index contributed by atoms with van der Waals surface area (Å²) in [6.45, 7) is 7.87. The van der Waals surface area contributed by atoms with Gasteiger partial charge in [0.05, 0.1) is 30.8 Å². The average molecular weight is 508 g/mol. The number of halogens is 2. The van der Waals surface area contributed by atoms with E-state index in [-0.39, 0.29) is 38.0 Å². The molecule has 2 atom stereocenters. The van der Waals surface area contributed by atoms with Crippen LogP contribution in [0.2, 0.25) is 0 Å². The van der Waals surface area contributed by atoms with Crippen LogP contribution in [0.4, 0.5) is 19.4 Å². The molecule has 0 radical (unpaired) electrons. The predicted molar refractivity (Wildman–Crippen MR) is 128 cm³/mol. The van der Waals surface area contributed by atoms with Crippen LogP contribution in [-0.4, -0.2) is 95.8 Å². The molecule has 36 heavy (non-hydrogen) atoms. The maximum atomic E-state index is 13.8. The number of rotatable bonds is 5. The van der Waals surface area contributed by atoms with Crippen molar-refractivity contribution in [1.29, 1.82) is 5.26 Å². The Balaban J connectivity index is 1.53. The highest BCUT2D eigenvalue weighted by Gasteiger charge is 2.43. The normalized spacial score (nSPS) is 24.2. The lowest BCUT2D eigenvalue weighted by molar-refractivity contribution is 0.0132. The van der Waals surface area contributed by atoms with Crippen molar-refractivity contribution in [2.75, 3.05) is 51.3 Å². The Morgan fingerprint density at radius 1 is 1.28 bits per heavy atom. The number of likely N-dealkylation sites (N-methyl/N-ethyl adjacent to an activating group) is 1. The van der Waals surface area contributed by atoms with Crippen LogP contribution in [0, 0.1) is 11.3 Å². The highest BCUT2D eigenvalue weighted by molar-refractivity contribution is 5.69. The summed E-state index contributed by atoms with van der Waals surface area (Å²) in [7, 11) is 1.66. The van der Waals surface area contributed by atoms with Gasteiger partial charge in [0.2, 0.25) is 0 Å². The van der Waals surface area contributed by atoms with E-state index < -0.39 is 23.7 Å². The number of alkyl halides is 2. The van der Waals surface area contributed by atoms with E-state index in [1.165, 1.54) is 0 Å². The number of amides is 1. The second kappa shape index (κ2) is 10.3. The quantitative estimate of drug-likeness (QED) is 0.642. The number of hydrogen-bond acceptors (Lipinski definition) is 9. The van der Waals surface area contributed by atoms with Crippen molar-refractivity contribution in [3.63, 3.8) is 0 Å². The van der Waals surface area contributed by atoms with Gasteiger partial charge >= 0.3 is 12.1 Å². The first-order chi connectivity index (χ1) is 17.0. The number of nitrogens with one attached hydrogen (secondary N) is 1. The van der Waals surface area contributed by atoms with E-state index in [0.29, 0.717) is 32.0 Å². The van der Waals surface area contributed by atoms with Gasteiger partial charge in [-0.05, 0) is 40.8 Å². The van der Waals surface area contributed by atoms with Gasteiger partial charge in [-0.2, -0.15) is 15.2 Å². The van der Waals surface area contributed by atoms with Crippen LogP contribution in [0.25, 0.3) is 0 Å². The summed E-state index contributed by atoms with van der Waals surface area (Å²) in [4.78, 5) is 27.3. The Morgan fingerprint density at radius 2 is 2.06 bits per heavy atom. The molecule has 0 aromatic carbocycles. The zero-order valence-electron chi connectivity index (χ0n) is 21.4. The number of hydrogen-bond donors (Lipinski definition) is 1. The molecule has 0 aliphatic carbocycles. The summed E-state index contributed by atoms with van der Waals surface area (Å²) in [6.07, 6.45) is 0.206. The number of fused-ring (bicyclic) bond motifs is 1. The maximum absolute atomic E-state index is 13.8. The van der Waals surface area contributed by atoms with Gasteiger partial charge in [0, 0.05) is 44.2 Å². The fourth-order valence-corrected chi connectivity index (χ4v) is 4.95. The Hall–Kier alpha value is -2.78. The number of carbonyl (C=O) groups is 1. The Labute approximate surface area is 210 Å². The molecule has 1 unspecified atom stereocenters. The first-order valence-electron chi connectivity index (χ1n) is 12.4. The van der Waals surface area contributed by atoms with Crippen molar-refractivity contribution in [1.82, 2.24) is 25.1 Å². The first kappa shape index (κ1) is 26.3. The van der Waals surface area contributed by atoms with E-state index in [1.54, 1.807) is 16.8 Å². The third-order valence-electron chi connectivity index (χ3n) is 6.67. The van der Waals surface area contributed by atoms with Gasteiger partial charge in [0.25, 0.3) is 5.92 Å². The van der Waals surface area contributed by atoms with Gasteiger partial charge in [-0.1, -0.05) is 0 Å². The molecule has 1 aromatic rings. The number of anilines is 1. The molecule has 198 valence electrons. The molecule has 3 aliphatic heterocycles. The van der Waals surface area contributed by atoms with E-state index in [4.69, 9.17) is 14.5 Å². The molecule has 12 heteroatoms. The molecule has 2 fully saturated rings. The number of piperazine rings is 1. The number of ether oxygens (including phenoxy) is 2. The Kier molecular flexibility index (Phi) is 7.52. The summed E-state index contributed by atoms with van der Waals surface area (Å²) < 4.78 is 39.0. The summed E-state index contributed by atoms with van der Waals surface area (Å²) in [6, 6.07) is 1.56. The van der Waals surface area contributed by atoms with Crippen molar-refractivity contribution in [2.24, 2.45) is 0 Å². The highest BCUT2D eigenvalue weighted by atomic mass is 19.3. The number of likely N-dealkylation sites (tertiary alicyclic amines) is 1. The highest BCUT2D eigenvalue weighted by Crippen LogP contribution is 2.32. The molecule has 0 spiro atoms. The van der Waals surface area contributed by atoms with Crippen molar-refractivity contribution in [3.05, 3.63) is 11.3 Å². The molecule has 1 N–H and O–H groups in total. The molecule has 4 rings (SSSR count). The lowest BCUT2D eigenvalue weighted by Gasteiger charge is -2.42. The van der Waals surface area contributed by atoms with Crippen LogP contribution in [0.3, 0.4) is 0 Å². The van der Waals surface area contributed by atoms with Crippen molar-refractivity contribution >= 4 is 11.9 Å². The van der Waals surface area contributed by atoms with Gasteiger partial charge in [-0.25, -0.2) is 13.6 Å². The Bertz CT molecular complexity index is 1010. The molecule has 3 aliphatic rings. The summed E-state index contributed by atoms with van der Waals surface area (Å²) >= 11 is 0. The van der Waals surface area contributed by atoms with E-state index in [0.717, 1.165) is 24.2 Å². The van der Waals surface area contributed by atoms with Crippen LogP contribution in [0.15, 0.2) is 0 Å². The second-order valence-corrected chi connectivity index (χ2v) is 10.8. The number of aromatic nitrogens is 2. The number of nitriles is 1. The molecule has 1 amide bonds. The van der Waals surface area contributed by atoms with Crippen LogP contribution < -0.4 is 15.0 Å². The average Bonchev–Trinajstić information content (AvgIpc) is 3.07. The van der Waals surface area contributed by atoms with Crippen LogP contribution in [-0.2, 0) is 17.7 Å². The van der Waals surface area contributed by atoms with Gasteiger partial charge in [-0.15, -0.1) is 0 Å². The van der Waals surface area contributed by atoms with E-state index in [9.17, 15) is 18.8 Å². The SMILES string of the molecule is CN1CC(F)(F)C[C@H]1COc1nc2c(c(N3CCN(C(=O)OC(C)(C)C)C(CC#N)C3)n1)CCNC2. The van der Waals surface area contributed by atoms with Crippen LogP contribution in [0.1, 0.15) is 44.9 Å². The third-order valence-corrected chi connectivity index (χ3v) is 6.67. The molecule has 4 heterocycles. The monoisotopic (exact) mass is 507 g/mol. The van der Waals surface area contributed by atoms with Gasteiger partial charge in [0.1, 0.15) is 18.0 Å². The van der Waals surface area contributed by atoms with E-state index in [2.05, 4.69) is 21.3 Å². The summed E-state index contributed by atoms with van der Waals surface area (Å²) in [5.41, 5.74) is 1.19. The predicted octanol–water partition coefficient (Wildman–Crippen LogP) is 2.18.